The van der Waals surface area contributed by atoms with E-state index >= 15 is 0 Å². The monoisotopic (exact) mass is 280 g/mol. The van der Waals surface area contributed by atoms with E-state index in [4.69, 9.17) is 0 Å². The number of likely N-dealkylation sites (N-methyl/N-ethyl adjacent to an activating group) is 1. The highest BCUT2D eigenvalue weighted by atomic mass is 15.2. The molecule has 0 aromatic heterocycles. The van der Waals surface area contributed by atoms with Gasteiger partial charge in [0, 0.05) is 18.1 Å². The summed E-state index contributed by atoms with van der Waals surface area (Å²) in [7, 11) is 4.57. The van der Waals surface area contributed by atoms with E-state index in [2.05, 4.69) is 31.2 Å². The lowest BCUT2D eigenvalue weighted by molar-refractivity contribution is 0.0943. The molecule has 0 bridgehead atoms. The number of nitrogens with one attached hydrogen (secondary N) is 1. The Hall–Kier alpha value is -0.0800. The Balaban J connectivity index is 1.83. The van der Waals surface area contributed by atoms with Gasteiger partial charge in [-0.15, -0.1) is 0 Å². The summed E-state index contributed by atoms with van der Waals surface area (Å²) in [5.74, 6) is 0.999. The molecule has 2 saturated carbocycles. The van der Waals surface area contributed by atoms with E-state index in [0.29, 0.717) is 5.54 Å². The van der Waals surface area contributed by atoms with Gasteiger partial charge in [0.15, 0.2) is 0 Å². The van der Waals surface area contributed by atoms with Crippen LogP contribution >= 0.6 is 0 Å². The van der Waals surface area contributed by atoms with Crippen molar-refractivity contribution in [2.45, 2.75) is 89.1 Å². The molecular formula is C18H36N2. The van der Waals surface area contributed by atoms with Crippen LogP contribution in [0.15, 0.2) is 0 Å². The molecule has 0 radical (unpaired) electrons. The van der Waals surface area contributed by atoms with Crippen LogP contribution < -0.4 is 5.32 Å². The number of hydrogen-bond acceptors (Lipinski definition) is 2. The highest BCUT2D eigenvalue weighted by molar-refractivity contribution is 4.93. The number of nitrogens with zero attached hydrogens (tertiary/aromatic N) is 1. The molecule has 0 saturated heterocycles. The van der Waals surface area contributed by atoms with E-state index in [0.717, 1.165) is 12.0 Å². The molecule has 2 rings (SSSR count). The summed E-state index contributed by atoms with van der Waals surface area (Å²) in [4.78, 5) is 2.50. The molecule has 2 aliphatic carbocycles. The van der Waals surface area contributed by atoms with Crippen LogP contribution in [0.5, 0.6) is 0 Å². The summed E-state index contributed by atoms with van der Waals surface area (Å²) in [6.45, 7) is 3.57. The van der Waals surface area contributed by atoms with Gasteiger partial charge in [-0.05, 0) is 52.1 Å². The van der Waals surface area contributed by atoms with Crippen LogP contribution in [0.2, 0.25) is 0 Å². The molecule has 118 valence electrons. The second kappa shape index (κ2) is 7.79. The Morgan fingerprint density at radius 3 is 2.35 bits per heavy atom. The maximum absolute atomic E-state index is 3.96. The van der Waals surface area contributed by atoms with Gasteiger partial charge in [0.05, 0.1) is 0 Å². The van der Waals surface area contributed by atoms with Crippen molar-refractivity contribution in [2.24, 2.45) is 5.92 Å². The Morgan fingerprint density at radius 2 is 1.70 bits per heavy atom. The Morgan fingerprint density at radius 1 is 0.950 bits per heavy atom. The van der Waals surface area contributed by atoms with Crippen molar-refractivity contribution in [3.05, 3.63) is 0 Å². The second-order valence-electron chi connectivity index (χ2n) is 7.54. The minimum Gasteiger partial charge on any atom is -0.312 e. The first kappa shape index (κ1) is 16.3. The molecule has 2 fully saturated rings. The third kappa shape index (κ3) is 4.21. The van der Waals surface area contributed by atoms with E-state index < -0.39 is 0 Å². The molecule has 2 aliphatic rings. The average Bonchev–Trinajstić information content (AvgIpc) is 2.71. The van der Waals surface area contributed by atoms with Crippen LogP contribution in [-0.4, -0.2) is 37.1 Å². The summed E-state index contributed by atoms with van der Waals surface area (Å²) in [5, 5.41) is 3.96. The third-order valence-corrected chi connectivity index (χ3v) is 6.12. The van der Waals surface area contributed by atoms with Crippen LogP contribution in [0.3, 0.4) is 0 Å². The zero-order valence-electron chi connectivity index (χ0n) is 14.1. The molecule has 20 heavy (non-hydrogen) atoms. The fourth-order valence-electron chi connectivity index (χ4n) is 4.32. The van der Waals surface area contributed by atoms with Gasteiger partial charge in [-0.3, -0.25) is 0 Å². The molecule has 0 amide bonds. The van der Waals surface area contributed by atoms with Gasteiger partial charge in [0.25, 0.3) is 0 Å². The maximum Gasteiger partial charge on any atom is 0.0327 e. The van der Waals surface area contributed by atoms with Crippen LogP contribution in [0, 0.1) is 5.92 Å². The van der Waals surface area contributed by atoms with E-state index in [-0.39, 0.29) is 0 Å². The zero-order chi connectivity index (χ0) is 14.4. The van der Waals surface area contributed by atoms with Crippen LogP contribution in [0.25, 0.3) is 0 Å². The normalized spacial score (nSPS) is 31.2. The summed E-state index contributed by atoms with van der Waals surface area (Å²) in [5.41, 5.74) is 0.439. The Labute approximate surface area is 126 Å². The SMILES string of the molecule is CCC1CCCC(NCC2(N(C)C)CCCCC2)CC1. The minimum absolute atomic E-state index is 0.439. The van der Waals surface area contributed by atoms with Gasteiger partial charge in [-0.2, -0.15) is 0 Å². The standard InChI is InChI=1S/C18H36N2/c1-4-16-9-8-10-17(12-11-16)19-15-18(20(2)3)13-6-5-7-14-18/h16-17,19H,4-15H2,1-3H3. The molecule has 0 aliphatic heterocycles. The first-order valence-electron chi connectivity index (χ1n) is 9.07. The second-order valence-corrected chi connectivity index (χ2v) is 7.54. The van der Waals surface area contributed by atoms with Gasteiger partial charge in [0.2, 0.25) is 0 Å². The van der Waals surface area contributed by atoms with E-state index in [9.17, 15) is 0 Å². The Bertz CT molecular complexity index is 269. The molecule has 2 nitrogen and oxygen atoms in total. The van der Waals surface area contributed by atoms with Gasteiger partial charge < -0.3 is 10.2 Å². The van der Waals surface area contributed by atoms with Crippen LogP contribution in [0.4, 0.5) is 0 Å². The van der Waals surface area contributed by atoms with Gasteiger partial charge >= 0.3 is 0 Å². The van der Waals surface area contributed by atoms with Crippen molar-refractivity contribution < 1.29 is 0 Å². The summed E-state index contributed by atoms with van der Waals surface area (Å²) in [6.07, 6.45) is 15.6. The fourth-order valence-corrected chi connectivity index (χ4v) is 4.32. The van der Waals surface area contributed by atoms with Crippen LogP contribution in [0.1, 0.15) is 77.6 Å². The molecule has 2 unspecified atom stereocenters. The summed E-state index contributed by atoms with van der Waals surface area (Å²) >= 11 is 0. The van der Waals surface area contributed by atoms with Crippen molar-refractivity contribution in [3.63, 3.8) is 0 Å². The predicted molar refractivity (Wildman–Crippen MR) is 88.2 cm³/mol. The predicted octanol–water partition coefficient (Wildman–Crippen LogP) is 4.20. The first-order valence-corrected chi connectivity index (χ1v) is 9.07. The molecule has 1 N–H and O–H groups in total. The topological polar surface area (TPSA) is 15.3 Å². The molecule has 0 heterocycles. The maximum atomic E-state index is 3.96. The summed E-state index contributed by atoms with van der Waals surface area (Å²) in [6, 6.07) is 0.783. The smallest absolute Gasteiger partial charge is 0.0327 e. The quantitative estimate of drug-likeness (QED) is 0.759. The molecule has 0 aromatic rings. The molecule has 0 spiro atoms. The fraction of sp³-hybridized carbons (Fsp3) is 1.00. The third-order valence-electron chi connectivity index (χ3n) is 6.12. The molecule has 2 atom stereocenters. The minimum atomic E-state index is 0.439. The lowest BCUT2D eigenvalue weighted by Crippen LogP contribution is -2.54. The largest absolute Gasteiger partial charge is 0.312 e. The first-order chi connectivity index (χ1) is 9.66. The van der Waals surface area contributed by atoms with Crippen LogP contribution in [-0.2, 0) is 0 Å². The zero-order valence-corrected chi connectivity index (χ0v) is 14.1. The number of rotatable bonds is 5. The van der Waals surface area contributed by atoms with Crippen molar-refractivity contribution in [2.75, 3.05) is 20.6 Å². The van der Waals surface area contributed by atoms with Crippen molar-refractivity contribution in [1.82, 2.24) is 10.2 Å². The van der Waals surface area contributed by atoms with Crippen molar-refractivity contribution >= 4 is 0 Å². The van der Waals surface area contributed by atoms with Gasteiger partial charge in [-0.25, -0.2) is 0 Å². The molecule has 0 aromatic carbocycles. The molecule has 2 heteroatoms. The Kier molecular flexibility index (Phi) is 6.35. The van der Waals surface area contributed by atoms with E-state index in [1.165, 1.54) is 77.2 Å². The van der Waals surface area contributed by atoms with Gasteiger partial charge in [0.1, 0.15) is 0 Å². The number of hydrogen-bond donors (Lipinski definition) is 1. The average molecular weight is 280 g/mol. The van der Waals surface area contributed by atoms with Crippen molar-refractivity contribution in [1.29, 1.82) is 0 Å². The lowest BCUT2D eigenvalue weighted by atomic mass is 9.80. The summed E-state index contributed by atoms with van der Waals surface area (Å²) < 4.78 is 0. The highest BCUT2D eigenvalue weighted by Gasteiger charge is 2.34. The van der Waals surface area contributed by atoms with E-state index in [1.54, 1.807) is 0 Å². The van der Waals surface area contributed by atoms with Gasteiger partial charge in [-0.1, -0.05) is 45.4 Å². The van der Waals surface area contributed by atoms with Crippen molar-refractivity contribution in [3.8, 4) is 0 Å². The molecular weight excluding hydrogens is 244 g/mol. The van der Waals surface area contributed by atoms with E-state index in [1.807, 2.05) is 0 Å². The highest BCUT2D eigenvalue weighted by Crippen LogP contribution is 2.32. The lowest BCUT2D eigenvalue weighted by Gasteiger charge is -2.44.